The summed E-state index contributed by atoms with van der Waals surface area (Å²) in [7, 11) is -4.89. The first-order valence-corrected chi connectivity index (χ1v) is 32.0. The van der Waals surface area contributed by atoms with Crippen LogP contribution in [0.15, 0.2) is 155 Å². The number of ether oxygens (including phenoxy) is 1. The molecule has 1 fully saturated rings. The number of carboxylic acid groups (broad SMARTS) is 1. The highest BCUT2D eigenvalue weighted by Gasteiger charge is 2.45. The van der Waals surface area contributed by atoms with Gasteiger partial charge in [-0.25, -0.2) is 8.98 Å². The third kappa shape index (κ3) is 42.4. The quantitative estimate of drug-likeness (QED) is 0.00518. The number of nitrogens with two attached hydrogens (primary N) is 2. The molecule has 0 spiro atoms. The van der Waals surface area contributed by atoms with E-state index < -0.39 is 114 Å². The Balaban J connectivity index is 2.59. The normalized spacial score (nSPS) is 21.2. The Bertz CT molecular complexity index is 2530. The van der Waals surface area contributed by atoms with Crippen LogP contribution in [-0.4, -0.2) is 190 Å². The summed E-state index contributed by atoms with van der Waals surface area (Å²) < 4.78 is 44.1. The van der Waals surface area contributed by atoms with Gasteiger partial charge in [0.25, 0.3) is 0 Å². The molecule has 0 aliphatic carbocycles. The van der Waals surface area contributed by atoms with Crippen molar-refractivity contribution >= 4 is 28.0 Å². The Morgan fingerprint density at radius 2 is 1.15 bits per heavy atom. The molecule has 23 heteroatoms. The van der Waals surface area contributed by atoms with Gasteiger partial charge in [-0.3, -0.25) is 14.5 Å². The Labute approximate surface area is 527 Å². The Kier molecular flexibility index (Phi) is 42.9. The molecule has 0 saturated carbocycles. The number of epoxide rings is 1. The zero-order chi connectivity index (χ0) is 66.9. The lowest BCUT2D eigenvalue weighted by atomic mass is 9.88. The largest absolute Gasteiger partial charge is 0.478 e. The van der Waals surface area contributed by atoms with Crippen LogP contribution in [0.1, 0.15) is 131 Å². The molecule has 0 aromatic heterocycles. The number of carbonyl (C=O) groups is 1. The van der Waals surface area contributed by atoms with Crippen molar-refractivity contribution in [1.82, 2.24) is 0 Å². The fraction of sp³-hybridized carbons (Fsp3) is 0.591. The van der Waals surface area contributed by atoms with Crippen LogP contribution in [0.4, 0.5) is 0 Å². The van der Waals surface area contributed by atoms with Crippen LogP contribution >= 0.6 is 0 Å². The van der Waals surface area contributed by atoms with E-state index in [0.717, 1.165) is 12.8 Å². The molecule has 0 aromatic carbocycles. The van der Waals surface area contributed by atoms with Crippen molar-refractivity contribution in [1.29, 1.82) is 0 Å². The van der Waals surface area contributed by atoms with Gasteiger partial charge in [0.1, 0.15) is 6.10 Å². The highest BCUT2D eigenvalue weighted by molar-refractivity contribution is 7.80. The van der Waals surface area contributed by atoms with Crippen molar-refractivity contribution in [3.63, 3.8) is 0 Å². The van der Waals surface area contributed by atoms with Gasteiger partial charge >= 0.3 is 16.4 Å². The molecule has 1 aliphatic heterocycles. The predicted molar refractivity (Wildman–Crippen MR) is 348 cm³/mol. The van der Waals surface area contributed by atoms with Crippen molar-refractivity contribution < 1.29 is 88.0 Å². The first kappa shape index (κ1) is 81.7. The number of aliphatic carboxylic acids is 1. The van der Waals surface area contributed by atoms with Crippen molar-refractivity contribution in [2.45, 2.75) is 223 Å². The first-order valence-electron chi connectivity index (χ1n) is 30.6. The van der Waals surface area contributed by atoms with E-state index in [1.807, 2.05) is 31.2 Å². The van der Waals surface area contributed by atoms with Crippen LogP contribution < -0.4 is 11.5 Å². The summed E-state index contributed by atoms with van der Waals surface area (Å²) in [4.78, 5) is 19.3. The highest BCUT2D eigenvalue weighted by Crippen LogP contribution is 2.33. The molecule has 0 amide bonds. The average molecular weight is 1280 g/mol. The molecule has 22 nitrogen and oxygen atoms in total. The van der Waals surface area contributed by atoms with Crippen LogP contribution in [0.25, 0.3) is 0 Å². The minimum atomic E-state index is -4.89. The summed E-state index contributed by atoms with van der Waals surface area (Å²) in [5.41, 5.74) is 11.2. The molecule has 0 bridgehead atoms. The summed E-state index contributed by atoms with van der Waals surface area (Å²) in [6, 6.07) is -0.262. The fourth-order valence-corrected chi connectivity index (χ4v) is 9.77. The minimum absolute atomic E-state index is 0.0212. The minimum Gasteiger partial charge on any atom is -0.478 e. The molecular weight excluding hydrogens is 1170 g/mol. The average Bonchev–Trinajstić information content (AvgIpc) is 1.89. The number of aliphatic hydroxyl groups is 11. The second kappa shape index (κ2) is 46.7. The van der Waals surface area contributed by atoms with Crippen LogP contribution in [0.2, 0.25) is 0 Å². The maximum Gasteiger partial charge on any atom is 0.397 e. The van der Waals surface area contributed by atoms with Crippen molar-refractivity contribution in [3.05, 3.63) is 145 Å². The van der Waals surface area contributed by atoms with Crippen molar-refractivity contribution in [2.24, 2.45) is 39.2 Å². The lowest BCUT2D eigenvalue weighted by Gasteiger charge is -2.25. The van der Waals surface area contributed by atoms with Gasteiger partial charge in [0.2, 0.25) is 0 Å². The molecule has 89 heavy (non-hydrogen) atoms. The second-order valence-corrected chi connectivity index (χ2v) is 24.0. The third-order valence-corrected chi connectivity index (χ3v) is 14.8. The molecule has 504 valence electrons. The topological polar surface area (TPSA) is 413 Å². The fourth-order valence-electron chi connectivity index (χ4n) is 9.21. The van der Waals surface area contributed by atoms with E-state index >= 15 is 0 Å². The number of allylic oxidation sites excluding steroid dienone is 16. The molecular formula is C66H106N4O18S. The molecule has 17 unspecified atom stereocenters. The van der Waals surface area contributed by atoms with E-state index in [1.54, 1.807) is 119 Å². The van der Waals surface area contributed by atoms with E-state index in [9.17, 15) is 73.9 Å². The third-order valence-electron chi connectivity index (χ3n) is 14.3. The number of aliphatic hydroxyl groups excluding tert-OH is 11. The number of rotatable bonds is 48. The smallest absolute Gasteiger partial charge is 0.397 e. The molecule has 1 heterocycles. The number of hydrogen-bond donors (Lipinski definition) is 15. The monoisotopic (exact) mass is 1270 g/mol. The summed E-state index contributed by atoms with van der Waals surface area (Å²) in [6.45, 7) is 10.8. The number of hydrogen-bond acceptors (Lipinski definition) is 18. The van der Waals surface area contributed by atoms with E-state index in [2.05, 4.69) is 9.98 Å². The Hall–Kier alpha value is -5.32. The first-order chi connectivity index (χ1) is 42.0. The number of unbranched alkanes of at least 4 members (excludes halogenated alkanes) is 1. The second-order valence-electron chi connectivity index (χ2n) is 23.0. The van der Waals surface area contributed by atoms with Gasteiger partial charge < -0.3 is 77.5 Å². The van der Waals surface area contributed by atoms with Gasteiger partial charge in [-0.2, -0.15) is 8.42 Å². The number of aliphatic imine (C=N–C) groups is 2. The van der Waals surface area contributed by atoms with Gasteiger partial charge in [-0.15, -0.1) is 0 Å². The zero-order valence-corrected chi connectivity index (χ0v) is 53.4. The summed E-state index contributed by atoms with van der Waals surface area (Å²) in [6.07, 6.45) is 29.0. The lowest BCUT2D eigenvalue weighted by molar-refractivity contribution is -0.132. The highest BCUT2D eigenvalue weighted by atomic mass is 32.3. The molecule has 17 atom stereocenters. The van der Waals surface area contributed by atoms with Crippen LogP contribution in [0, 0.1) is 17.8 Å². The predicted octanol–water partition coefficient (Wildman–Crippen LogP) is 5.55. The Morgan fingerprint density at radius 3 is 1.72 bits per heavy atom. The van der Waals surface area contributed by atoms with Crippen LogP contribution in [0.5, 0.6) is 0 Å². The lowest BCUT2D eigenvalue weighted by Crippen LogP contribution is -2.33. The molecule has 1 aliphatic rings. The summed E-state index contributed by atoms with van der Waals surface area (Å²) >= 11 is 0. The maximum absolute atomic E-state index is 11.9. The maximum atomic E-state index is 11.9. The van der Waals surface area contributed by atoms with E-state index in [4.69, 9.17) is 25.5 Å². The number of carboxylic acids is 1. The number of guanidine groups is 1. The Morgan fingerprint density at radius 1 is 0.607 bits per heavy atom. The van der Waals surface area contributed by atoms with Gasteiger partial charge in [0, 0.05) is 73.7 Å². The van der Waals surface area contributed by atoms with Crippen LogP contribution in [-0.2, 0) is 24.1 Å². The van der Waals surface area contributed by atoms with Gasteiger partial charge in [-0.1, -0.05) is 161 Å². The van der Waals surface area contributed by atoms with Crippen molar-refractivity contribution in [2.75, 3.05) is 6.54 Å². The van der Waals surface area contributed by atoms with Gasteiger partial charge in [0.15, 0.2) is 5.96 Å². The standard InChI is InChI=1S/C66H106N4O18S/c1-45(2)70-58(42-55(76)39-51(72)31-26-32-52(73)40-56(77)43-60(80)64-62(87-64)44-57(78)41-53(74)33-25-30-50(71)38-54(75)34-27-37-69-66(67)68)48(5)61(88-89(84,85)86)36-24-20-16-11-9-7-8-10-15-19-23-35-59(79)49(6)63(81)46(3)28-21-17-13-12-14-18-22-29-47(4)65(82)83/h7-12,14-16,18-26,28-29,31,33,35,45-46,48-57,59-64,71-81H,13,17,27,30,32,34,36-44H2,1-6H3,(H,82,83)(H4,67,68,69)(H,84,85,86)/b9-7+,10-8+,14-12+,16-11+,19-15+,22-18+,24-20+,28-21+,31-26+,33-25+,35-23+,47-29+,70-58?. The zero-order valence-electron chi connectivity index (χ0n) is 52.6. The van der Waals surface area contributed by atoms with Gasteiger partial charge in [0.05, 0.1) is 79.4 Å². The summed E-state index contributed by atoms with van der Waals surface area (Å²) in [5.74, 6) is -2.29. The SMILES string of the molecule is C\C(=C/C=C/C=C/CC/C=C/C(C)C(O)C(C)C(O)/C=C/C=C/C=C/C=C/C=C/C=C/CC(OS(=O)(=O)O)C(C)C(CC(O)CC(O)/C=C/CC(O)CC(O)CC(O)C1OC1CC(O)CC(O)/C=C/CC(O)CC(O)CCCN=C(N)N)=NC(C)C)C(=O)O. The van der Waals surface area contributed by atoms with E-state index in [0.29, 0.717) is 25.1 Å². The van der Waals surface area contributed by atoms with Crippen molar-refractivity contribution in [3.8, 4) is 0 Å². The molecule has 0 aromatic rings. The van der Waals surface area contributed by atoms with Gasteiger partial charge in [-0.05, 0) is 78.6 Å². The van der Waals surface area contributed by atoms with Crippen LogP contribution in [0.3, 0.4) is 0 Å². The van der Waals surface area contributed by atoms with E-state index in [-0.39, 0.29) is 87.7 Å². The number of nitrogens with zero attached hydrogens (tertiary/aromatic N) is 2. The molecule has 1 rings (SSSR count). The molecule has 1 saturated heterocycles. The van der Waals surface area contributed by atoms with E-state index in [1.165, 1.54) is 31.2 Å². The molecule has 0 radical (unpaired) electrons. The molecule has 17 N–H and O–H groups in total. The summed E-state index contributed by atoms with van der Waals surface area (Å²) in [5, 5.41) is 125.